The zero-order chi connectivity index (χ0) is 19.5. The van der Waals surface area contributed by atoms with Gasteiger partial charge in [0.15, 0.2) is 5.96 Å². The monoisotopic (exact) mass is 505 g/mol. The van der Waals surface area contributed by atoms with Gasteiger partial charge in [0.1, 0.15) is 11.5 Å². The maximum atomic E-state index is 5.46. The number of guanidine groups is 1. The van der Waals surface area contributed by atoms with Gasteiger partial charge in [-0.3, -0.25) is 4.99 Å². The molecule has 0 unspecified atom stereocenters. The molecule has 0 bridgehead atoms. The molecule has 160 valence electrons. The number of rotatable bonds is 11. The predicted octanol–water partition coefficient (Wildman–Crippen LogP) is 3.63. The smallest absolute Gasteiger partial charge is 0.191 e. The Morgan fingerprint density at radius 2 is 1.93 bits per heavy atom. The highest BCUT2D eigenvalue weighted by Crippen LogP contribution is 2.44. The summed E-state index contributed by atoms with van der Waals surface area (Å²) in [7, 11) is 5.15. The minimum atomic E-state index is 0. The van der Waals surface area contributed by atoms with Crippen molar-refractivity contribution in [2.75, 3.05) is 47.6 Å². The van der Waals surface area contributed by atoms with Gasteiger partial charge in [0.25, 0.3) is 0 Å². The first kappa shape index (κ1) is 24.8. The molecule has 28 heavy (non-hydrogen) atoms. The van der Waals surface area contributed by atoms with Crippen LogP contribution in [0.25, 0.3) is 0 Å². The molecule has 1 fully saturated rings. The van der Waals surface area contributed by atoms with Crippen LogP contribution in [0.4, 0.5) is 0 Å². The van der Waals surface area contributed by atoms with Crippen molar-refractivity contribution < 1.29 is 14.2 Å². The Morgan fingerprint density at radius 3 is 2.50 bits per heavy atom. The average Bonchev–Trinajstić information content (AvgIpc) is 2.66. The molecule has 1 aliphatic carbocycles. The molecule has 2 N–H and O–H groups in total. The van der Waals surface area contributed by atoms with Gasteiger partial charge in [0.05, 0.1) is 14.2 Å². The van der Waals surface area contributed by atoms with E-state index < -0.39 is 0 Å². The van der Waals surface area contributed by atoms with Crippen LogP contribution in [0, 0.1) is 5.41 Å². The summed E-state index contributed by atoms with van der Waals surface area (Å²) in [6.45, 7) is 5.38. The SMILES string of the molecule is CCNC(=NCC1(CCOC)CCC1)NCCc1cc(OC)ccc1OC.I. The molecule has 1 saturated carbocycles. The third-order valence-electron chi connectivity index (χ3n) is 5.34. The summed E-state index contributed by atoms with van der Waals surface area (Å²) >= 11 is 0. The lowest BCUT2D eigenvalue weighted by Crippen LogP contribution is -2.41. The van der Waals surface area contributed by atoms with Gasteiger partial charge in [-0.1, -0.05) is 6.42 Å². The second-order valence-corrected chi connectivity index (χ2v) is 7.15. The van der Waals surface area contributed by atoms with E-state index in [1.54, 1.807) is 21.3 Å². The number of nitrogens with zero attached hydrogens (tertiary/aromatic N) is 1. The van der Waals surface area contributed by atoms with Crippen molar-refractivity contribution in [1.29, 1.82) is 0 Å². The highest BCUT2D eigenvalue weighted by molar-refractivity contribution is 14.0. The molecule has 6 nitrogen and oxygen atoms in total. The van der Waals surface area contributed by atoms with E-state index in [0.29, 0.717) is 5.41 Å². The Balaban J connectivity index is 0.00000392. The van der Waals surface area contributed by atoms with Crippen LogP contribution in [0.15, 0.2) is 23.2 Å². The van der Waals surface area contributed by atoms with Crippen LogP contribution in [0.5, 0.6) is 11.5 Å². The first-order valence-electron chi connectivity index (χ1n) is 9.88. The number of hydrogen-bond acceptors (Lipinski definition) is 4. The number of methoxy groups -OCH3 is 3. The second kappa shape index (κ2) is 13.1. The maximum Gasteiger partial charge on any atom is 0.191 e. The van der Waals surface area contributed by atoms with Crippen molar-refractivity contribution in [3.05, 3.63) is 23.8 Å². The molecule has 7 heteroatoms. The first-order chi connectivity index (χ1) is 13.2. The molecule has 0 aromatic heterocycles. The Labute approximate surface area is 186 Å². The van der Waals surface area contributed by atoms with E-state index >= 15 is 0 Å². The van der Waals surface area contributed by atoms with Gasteiger partial charge >= 0.3 is 0 Å². The van der Waals surface area contributed by atoms with Crippen LogP contribution in [0.2, 0.25) is 0 Å². The molecule has 0 radical (unpaired) electrons. The largest absolute Gasteiger partial charge is 0.497 e. The first-order valence-corrected chi connectivity index (χ1v) is 9.88. The molecular weight excluding hydrogens is 469 g/mol. The fourth-order valence-electron chi connectivity index (χ4n) is 3.46. The van der Waals surface area contributed by atoms with Gasteiger partial charge in [0.2, 0.25) is 0 Å². The predicted molar refractivity (Wildman–Crippen MR) is 125 cm³/mol. The number of halogens is 1. The van der Waals surface area contributed by atoms with Gasteiger partial charge in [-0.15, -0.1) is 24.0 Å². The van der Waals surface area contributed by atoms with Crippen LogP contribution in [-0.2, 0) is 11.2 Å². The molecule has 1 aromatic carbocycles. The zero-order valence-corrected chi connectivity index (χ0v) is 20.0. The van der Waals surface area contributed by atoms with Gasteiger partial charge in [0, 0.05) is 33.4 Å². The normalized spacial score (nSPS) is 15.2. The van der Waals surface area contributed by atoms with Crippen molar-refractivity contribution in [2.45, 2.75) is 39.0 Å². The zero-order valence-electron chi connectivity index (χ0n) is 17.7. The highest BCUT2D eigenvalue weighted by atomic mass is 127. The van der Waals surface area contributed by atoms with Crippen molar-refractivity contribution in [3.8, 4) is 11.5 Å². The Hall–Kier alpha value is -1.22. The molecule has 1 aromatic rings. The van der Waals surface area contributed by atoms with E-state index in [1.807, 2.05) is 18.2 Å². The minimum Gasteiger partial charge on any atom is -0.497 e. The van der Waals surface area contributed by atoms with Crippen LogP contribution in [-0.4, -0.2) is 53.5 Å². The van der Waals surface area contributed by atoms with E-state index in [9.17, 15) is 0 Å². The lowest BCUT2D eigenvalue weighted by Gasteiger charge is -2.40. The third kappa shape index (κ3) is 7.31. The molecule has 0 aliphatic heterocycles. The van der Waals surface area contributed by atoms with Crippen LogP contribution in [0.3, 0.4) is 0 Å². The van der Waals surface area contributed by atoms with Gasteiger partial charge in [-0.2, -0.15) is 0 Å². The molecule has 0 atom stereocenters. The summed E-state index contributed by atoms with van der Waals surface area (Å²) in [5.74, 6) is 2.60. The Kier molecular flexibility index (Phi) is 11.6. The summed E-state index contributed by atoms with van der Waals surface area (Å²) in [5.41, 5.74) is 1.45. The van der Waals surface area contributed by atoms with Crippen LogP contribution in [0.1, 0.15) is 38.2 Å². The summed E-state index contributed by atoms with van der Waals surface area (Å²) < 4.78 is 16.1. The molecule has 0 spiro atoms. The van der Waals surface area contributed by atoms with Crippen molar-refractivity contribution in [3.63, 3.8) is 0 Å². The topological polar surface area (TPSA) is 64.1 Å². The van der Waals surface area contributed by atoms with Gasteiger partial charge in [-0.25, -0.2) is 0 Å². The molecule has 2 rings (SSSR count). The van der Waals surface area contributed by atoms with Crippen molar-refractivity contribution in [2.24, 2.45) is 10.4 Å². The fraction of sp³-hybridized carbons (Fsp3) is 0.667. The molecule has 1 aliphatic rings. The third-order valence-corrected chi connectivity index (χ3v) is 5.34. The minimum absolute atomic E-state index is 0. The quantitative estimate of drug-likeness (QED) is 0.273. The average molecular weight is 505 g/mol. The molecule has 0 amide bonds. The summed E-state index contributed by atoms with van der Waals surface area (Å²) in [5, 5.41) is 6.79. The van der Waals surface area contributed by atoms with E-state index in [1.165, 1.54) is 19.3 Å². The van der Waals surface area contributed by atoms with Crippen molar-refractivity contribution >= 4 is 29.9 Å². The molecular formula is C21H36IN3O3. The summed E-state index contributed by atoms with van der Waals surface area (Å²) in [4.78, 5) is 4.85. The number of benzene rings is 1. The number of nitrogens with one attached hydrogen (secondary N) is 2. The molecule has 0 saturated heterocycles. The standard InChI is InChI=1S/C21H35N3O3.HI/c1-5-22-20(24-16-21(10-6-11-21)12-14-25-2)23-13-9-17-15-18(26-3)7-8-19(17)27-4;/h7-8,15H,5-6,9-14,16H2,1-4H3,(H2,22,23,24);1H. The van der Waals surface area contributed by atoms with Crippen LogP contribution >= 0.6 is 24.0 Å². The highest BCUT2D eigenvalue weighted by Gasteiger charge is 2.36. The molecule has 0 heterocycles. The van der Waals surface area contributed by atoms with Gasteiger partial charge < -0.3 is 24.8 Å². The van der Waals surface area contributed by atoms with Crippen molar-refractivity contribution in [1.82, 2.24) is 10.6 Å². The lowest BCUT2D eigenvalue weighted by molar-refractivity contribution is 0.0778. The number of ether oxygens (including phenoxy) is 3. The number of hydrogen-bond donors (Lipinski definition) is 2. The summed E-state index contributed by atoms with van der Waals surface area (Å²) in [6.07, 6.45) is 5.73. The van der Waals surface area contributed by atoms with E-state index in [4.69, 9.17) is 19.2 Å². The maximum absolute atomic E-state index is 5.46. The number of aliphatic imine (C=N–C) groups is 1. The van der Waals surface area contributed by atoms with Gasteiger partial charge in [-0.05, 0) is 61.8 Å². The second-order valence-electron chi connectivity index (χ2n) is 7.15. The Morgan fingerprint density at radius 1 is 1.14 bits per heavy atom. The Bertz CT molecular complexity index is 607. The summed E-state index contributed by atoms with van der Waals surface area (Å²) in [6, 6.07) is 5.89. The fourth-order valence-corrected chi connectivity index (χ4v) is 3.46. The van der Waals surface area contributed by atoms with E-state index in [-0.39, 0.29) is 24.0 Å². The van der Waals surface area contributed by atoms with Crippen LogP contribution < -0.4 is 20.1 Å². The lowest BCUT2D eigenvalue weighted by atomic mass is 9.67. The van der Waals surface area contributed by atoms with E-state index in [2.05, 4.69) is 17.6 Å². The van der Waals surface area contributed by atoms with E-state index in [0.717, 1.165) is 62.1 Å².